The second kappa shape index (κ2) is 6.00. The molecule has 27 heavy (non-hydrogen) atoms. The number of hydrogen-bond donors (Lipinski definition) is 1. The number of piperidine rings is 1. The smallest absolute Gasteiger partial charge is 0.258 e. The monoisotopic (exact) mass is 363 g/mol. The average molecular weight is 363 g/mol. The Balaban J connectivity index is 1.47. The SMILES string of the molecule is Cc1noc(-c2ccnc(N3CCCC4(CCc5cnc(N)nc54)C3)c2)n1. The third-order valence-corrected chi connectivity index (χ3v) is 5.68. The molecule has 1 aliphatic heterocycles. The Hall–Kier alpha value is -3.03. The number of rotatable bonds is 2. The molecule has 4 heterocycles. The van der Waals surface area contributed by atoms with Gasteiger partial charge in [-0.3, -0.25) is 0 Å². The van der Waals surface area contributed by atoms with E-state index in [0.717, 1.165) is 55.8 Å². The van der Waals surface area contributed by atoms with Crippen molar-refractivity contribution in [3.05, 3.63) is 41.6 Å². The number of aromatic nitrogens is 5. The summed E-state index contributed by atoms with van der Waals surface area (Å²) in [6.07, 6.45) is 8.00. The lowest BCUT2D eigenvalue weighted by atomic mass is 9.77. The summed E-state index contributed by atoms with van der Waals surface area (Å²) in [4.78, 5) is 20.0. The summed E-state index contributed by atoms with van der Waals surface area (Å²) in [6, 6.07) is 3.92. The van der Waals surface area contributed by atoms with Crippen molar-refractivity contribution in [1.29, 1.82) is 0 Å². The lowest BCUT2D eigenvalue weighted by molar-refractivity contribution is 0.333. The van der Waals surface area contributed by atoms with Crippen LogP contribution in [0.5, 0.6) is 0 Å². The first-order valence-electron chi connectivity index (χ1n) is 9.27. The summed E-state index contributed by atoms with van der Waals surface area (Å²) in [7, 11) is 0. The van der Waals surface area contributed by atoms with E-state index >= 15 is 0 Å². The van der Waals surface area contributed by atoms with E-state index < -0.39 is 0 Å². The molecule has 1 unspecified atom stereocenters. The first kappa shape index (κ1) is 16.2. The van der Waals surface area contributed by atoms with E-state index in [4.69, 9.17) is 10.3 Å². The highest BCUT2D eigenvalue weighted by Crippen LogP contribution is 2.44. The van der Waals surface area contributed by atoms with Gasteiger partial charge in [0.2, 0.25) is 5.95 Å². The molecular weight excluding hydrogens is 342 g/mol. The lowest BCUT2D eigenvalue weighted by Gasteiger charge is -2.41. The summed E-state index contributed by atoms with van der Waals surface area (Å²) in [6.45, 7) is 3.67. The van der Waals surface area contributed by atoms with Crippen molar-refractivity contribution in [1.82, 2.24) is 25.1 Å². The standard InChI is InChI=1S/C19H21N7O/c1-12-23-17(27-25-12)13-4-7-21-15(9-13)26-8-2-5-19(11-26)6-3-14-10-22-18(20)24-16(14)19/h4,7,9-10H,2-3,5-6,8,11H2,1H3,(H2,20,22,24). The maximum atomic E-state index is 5.88. The van der Waals surface area contributed by atoms with Gasteiger partial charge in [0.15, 0.2) is 5.82 Å². The van der Waals surface area contributed by atoms with Gasteiger partial charge in [0, 0.05) is 36.5 Å². The molecule has 2 aliphatic rings. The van der Waals surface area contributed by atoms with Gasteiger partial charge in [0.25, 0.3) is 5.89 Å². The summed E-state index contributed by atoms with van der Waals surface area (Å²) >= 11 is 0. The topological polar surface area (TPSA) is 107 Å². The Morgan fingerprint density at radius 3 is 3.00 bits per heavy atom. The molecule has 138 valence electrons. The van der Waals surface area contributed by atoms with Gasteiger partial charge in [-0.05, 0) is 50.3 Å². The largest absolute Gasteiger partial charge is 0.368 e. The Bertz CT molecular complexity index is 997. The van der Waals surface area contributed by atoms with Crippen LogP contribution in [0.4, 0.5) is 11.8 Å². The first-order valence-corrected chi connectivity index (χ1v) is 9.27. The quantitative estimate of drug-likeness (QED) is 0.739. The maximum absolute atomic E-state index is 5.88. The number of fused-ring (bicyclic) bond motifs is 2. The zero-order valence-electron chi connectivity index (χ0n) is 15.2. The van der Waals surface area contributed by atoms with Gasteiger partial charge < -0.3 is 15.2 Å². The molecule has 0 bridgehead atoms. The van der Waals surface area contributed by atoms with Gasteiger partial charge in [-0.1, -0.05) is 5.16 Å². The summed E-state index contributed by atoms with van der Waals surface area (Å²) in [5, 5.41) is 3.88. The van der Waals surface area contributed by atoms with Crippen molar-refractivity contribution in [3.63, 3.8) is 0 Å². The number of nitrogen functional groups attached to an aromatic ring is 1. The van der Waals surface area contributed by atoms with Crippen molar-refractivity contribution in [2.45, 2.75) is 38.0 Å². The van der Waals surface area contributed by atoms with Crippen LogP contribution < -0.4 is 10.6 Å². The summed E-state index contributed by atoms with van der Waals surface area (Å²) in [5.74, 6) is 2.44. The molecule has 2 N–H and O–H groups in total. The van der Waals surface area contributed by atoms with Crippen molar-refractivity contribution >= 4 is 11.8 Å². The van der Waals surface area contributed by atoms with Crippen LogP contribution in [0.2, 0.25) is 0 Å². The van der Waals surface area contributed by atoms with Crippen LogP contribution in [0.25, 0.3) is 11.5 Å². The van der Waals surface area contributed by atoms with Gasteiger partial charge in [-0.2, -0.15) is 4.98 Å². The van der Waals surface area contributed by atoms with Crippen molar-refractivity contribution in [2.75, 3.05) is 23.7 Å². The van der Waals surface area contributed by atoms with E-state index in [2.05, 4.69) is 30.0 Å². The Kier molecular flexibility index (Phi) is 3.60. The maximum Gasteiger partial charge on any atom is 0.258 e. The molecule has 3 aromatic rings. The predicted octanol–water partition coefficient (Wildman–Crippen LogP) is 2.30. The van der Waals surface area contributed by atoms with Crippen LogP contribution >= 0.6 is 0 Å². The van der Waals surface area contributed by atoms with Crippen LogP contribution in [0, 0.1) is 6.92 Å². The zero-order valence-corrected chi connectivity index (χ0v) is 15.2. The first-order chi connectivity index (χ1) is 13.1. The van der Waals surface area contributed by atoms with Gasteiger partial charge in [0.05, 0.1) is 5.69 Å². The second-order valence-corrected chi connectivity index (χ2v) is 7.46. The van der Waals surface area contributed by atoms with Crippen molar-refractivity contribution < 1.29 is 4.52 Å². The van der Waals surface area contributed by atoms with Crippen molar-refractivity contribution in [2.24, 2.45) is 0 Å². The molecular formula is C19H21N7O. The summed E-state index contributed by atoms with van der Waals surface area (Å²) in [5.41, 5.74) is 9.16. The lowest BCUT2D eigenvalue weighted by Crippen LogP contribution is -2.45. The molecule has 3 aromatic heterocycles. The second-order valence-electron chi connectivity index (χ2n) is 7.46. The number of nitrogens with zero attached hydrogens (tertiary/aromatic N) is 6. The highest BCUT2D eigenvalue weighted by molar-refractivity contribution is 5.59. The molecule has 1 atom stereocenters. The number of pyridine rings is 1. The van der Waals surface area contributed by atoms with E-state index in [1.807, 2.05) is 25.3 Å². The summed E-state index contributed by atoms with van der Waals surface area (Å²) < 4.78 is 5.31. The molecule has 0 amide bonds. The number of nitrogens with two attached hydrogens (primary N) is 1. The highest BCUT2D eigenvalue weighted by Gasteiger charge is 2.44. The molecule has 0 radical (unpaired) electrons. The number of hydrogen-bond acceptors (Lipinski definition) is 8. The fraction of sp³-hybridized carbons (Fsp3) is 0.421. The van der Waals surface area contributed by atoms with Gasteiger partial charge in [-0.15, -0.1) is 0 Å². The fourth-order valence-corrected chi connectivity index (χ4v) is 4.42. The van der Waals surface area contributed by atoms with Crippen LogP contribution in [-0.4, -0.2) is 38.2 Å². The number of anilines is 2. The van der Waals surface area contributed by atoms with Crippen LogP contribution in [-0.2, 0) is 11.8 Å². The minimum atomic E-state index is 0.0312. The van der Waals surface area contributed by atoms with E-state index in [1.165, 1.54) is 5.56 Å². The molecule has 5 rings (SSSR count). The van der Waals surface area contributed by atoms with Crippen LogP contribution in [0.1, 0.15) is 36.3 Å². The molecule has 1 fully saturated rings. The number of aryl methyl sites for hydroxylation is 2. The Morgan fingerprint density at radius 1 is 1.22 bits per heavy atom. The van der Waals surface area contributed by atoms with E-state index in [9.17, 15) is 0 Å². The molecule has 0 saturated carbocycles. The van der Waals surface area contributed by atoms with E-state index in [-0.39, 0.29) is 5.41 Å². The zero-order chi connectivity index (χ0) is 18.4. The third-order valence-electron chi connectivity index (χ3n) is 5.68. The Morgan fingerprint density at radius 2 is 2.15 bits per heavy atom. The minimum absolute atomic E-state index is 0.0312. The normalized spacial score (nSPS) is 21.6. The average Bonchev–Trinajstić information content (AvgIpc) is 3.27. The minimum Gasteiger partial charge on any atom is -0.368 e. The molecule has 1 saturated heterocycles. The molecule has 1 aliphatic carbocycles. The van der Waals surface area contributed by atoms with Crippen molar-refractivity contribution in [3.8, 4) is 11.5 Å². The van der Waals surface area contributed by atoms with Crippen LogP contribution in [0.3, 0.4) is 0 Å². The fourth-order valence-electron chi connectivity index (χ4n) is 4.42. The van der Waals surface area contributed by atoms with Crippen LogP contribution in [0.15, 0.2) is 29.0 Å². The Labute approximate surface area is 156 Å². The molecule has 8 nitrogen and oxygen atoms in total. The molecule has 8 heteroatoms. The van der Waals surface area contributed by atoms with E-state index in [0.29, 0.717) is 17.7 Å². The van der Waals surface area contributed by atoms with Gasteiger partial charge in [-0.25, -0.2) is 15.0 Å². The van der Waals surface area contributed by atoms with Gasteiger partial charge in [0.1, 0.15) is 5.82 Å². The predicted molar refractivity (Wildman–Crippen MR) is 100 cm³/mol. The molecule has 0 aromatic carbocycles. The highest BCUT2D eigenvalue weighted by atomic mass is 16.5. The van der Waals surface area contributed by atoms with E-state index in [1.54, 1.807) is 6.20 Å². The van der Waals surface area contributed by atoms with Gasteiger partial charge >= 0.3 is 0 Å². The molecule has 1 spiro atoms. The third kappa shape index (κ3) is 2.72.